The Kier molecular flexibility index (Phi) is 8.37. The second-order valence-corrected chi connectivity index (χ2v) is 12.3. The van der Waals surface area contributed by atoms with Gasteiger partial charge in [0.15, 0.2) is 5.65 Å². The average Bonchev–Trinajstić information content (AvgIpc) is 3.00. The van der Waals surface area contributed by atoms with Crippen LogP contribution in [0, 0.1) is 5.82 Å². The summed E-state index contributed by atoms with van der Waals surface area (Å²) in [5.74, 6) is -1.23. The Labute approximate surface area is 264 Å². The molecule has 234 valence electrons. The number of carbonyl (C=O) groups excluding carboxylic acids is 2. The van der Waals surface area contributed by atoms with E-state index < -0.39 is 22.8 Å². The number of carbonyl (C=O) groups is 2. The number of hydrogen-bond acceptors (Lipinski definition) is 9. The van der Waals surface area contributed by atoms with E-state index in [-0.39, 0.29) is 64.2 Å². The van der Waals surface area contributed by atoms with E-state index in [2.05, 4.69) is 21.9 Å². The zero-order chi connectivity index (χ0) is 32.8. The van der Waals surface area contributed by atoms with Crippen LogP contribution >= 0.6 is 11.6 Å². The molecule has 0 saturated carbocycles. The number of aromatic nitrogens is 4. The second kappa shape index (κ2) is 11.9. The maximum atomic E-state index is 15.2. The lowest BCUT2D eigenvalue weighted by molar-refractivity contribution is -0.129. The molecule has 2 atom stereocenters. The van der Waals surface area contributed by atoms with Crippen molar-refractivity contribution in [2.45, 2.75) is 45.2 Å². The van der Waals surface area contributed by atoms with Crippen LogP contribution in [-0.2, 0) is 15.0 Å². The summed E-state index contributed by atoms with van der Waals surface area (Å²) in [5.41, 5.74) is -0.248. The molecule has 11 nitrogen and oxygen atoms in total. The molecular formula is C32H33ClFN7O4. The Hall–Kier alpha value is -4.84. The lowest BCUT2D eigenvalue weighted by Gasteiger charge is -2.45. The molecular weight excluding hydrogens is 601 g/mol. The van der Waals surface area contributed by atoms with Crippen LogP contribution in [0.1, 0.15) is 33.3 Å². The van der Waals surface area contributed by atoms with E-state index in [1.807, 2.05) is 27.7 Å². The van der Waals surface area contributed by atoms with Crippen LogP contribution in [0.4, 0.5) is 15.8 Å². The van der Waals surface area contributed by atoms with E-state index in [9.17, 15) is 19.5 Å². The SMILES string of the molecule is C=CC(=O)N1C[C@H](C=O)N(c2c(NC)c(=O)n(-c3ncncc3C(C)(C)C)c3nc(-c4c(O)cccc4F)c(Cl)cc23)C[C@H]1C. The van der Waals surface area contributed by atoms with Crippen molar-refractivity contribution in [2.75, 3.05) is 30.4 Å². The van der Waals surface area contributed by atoms with Gasteiger partial charge in [-0.3, -0.25) is 9.59 Å². The summed E-state index contributed by atoms with van der Waals surface area (Å²) in [4.78, 5) is 56.4. The van der Waals surface area contributed by atoms with Crippen molar-refractivity contribution in [3.8, 4) is 22.8 Å². The minimum Gasteiger partial charge on any atom is -0.507 e. The highest BCUT2D eigenvalue weighted by molar-refractivity contribution is 6.34. The summed E-state index contributed by atoms with van der Waals surface area (Å²) in [6.07, 6.45) is 4.85. The predicted octanol–water partition coefficient (Wildman–Crippen LogP) is 4.47. The van der Waals surface area contributed by atoms with Crippen molar-refractivity contribution in [1.82, 2.24) is 24.4 Å². The lowest BCUT2D eigenvalue weighted by Crippen LogP contribution is -2.59. The van der Waals surface area contributed by atoms with Gasteiger partial charge < -0.3 is 25.0 Å². The van der Waals surface area contributed by atoms with Crippen LogP contribution in [0.15, 0.2) is 54.2 Å². The number of benzene rings is 1. The van der Waals surface area contributed by atoms with Gasteiger partial charge in [-0.25, -0.2) is 23.9 Å². The molecule has 1 fully saturated rings. The number of pyridine rings is 2. The largest absolute Gasteiger partial charge is 0.507 e. The summed E-state index contributed by atoms with van der Waals surface area (Å²) >= 11 is 6.79. The number of amides is 1. The molecule has 1 amide bonds. The number of nitrogens with one attached hydrogen (secondary N) is 1. The van der Waals surface area contributed by atoms with E-state index in [0.717, 1.165) is 6.29 Å². The van der Waals surface area contributed by atoms with E-state index >= 15 is 4.39 Å². The Morgan fingerprint density at radius 1 is 1.27 bits per heavy atom. The third-order valence-electron chi connectivity index (χ3n) is 7.95. The van der Waals surface area contributed by atoms with Crippen LogP contribution in [0.2, 0.25) is 5.02 Å². The van der Waals surface area contributed by atoms with E-state index in [0.29, 0.717) is 16.6 Å². The summed E-state index contributed by atoms with van der Waals surface area (Å²) < 4.78 is 16.5. The number of nitrogens with zero attached hydrogens (tertiary/aromatic N) is 6. The number of aromatic hydroxyl groups is 1. The minimum atomic E-state index is -0.839. The molecule has 1 aromatic carbocycles. The smallest absolute Gasteiger partial charge is 0.283 e. The molecule has 0 unspecified atom stereocenters. The van der Waals surface area contributed by atoms with Crippen molar-refractivity contribution >= 4 is 46.2 Å². The number of hydrogen-bond donors (Lipinski definition) is 2. The number of phenols is 1. The number of rotatable bonds is 6. The molecule has 5 rings (SSSR count). The van der Waals surface area contributed by atoms with Crippen molar-refractivity contribution in [3.63, 3.8) is 0 Å². The van der Waals surface area contributed by atoms with Gasteiger partial charge >= 0.3 is 0 Å². The van der Waals surface area contributed by atoms with Crippen LogP contribution in [0.3, 0.4) is 0 Å². The van der Waals surface area contributed by atoms with Crippen LogP contribution in [0.5, 0.6) is 5.75 Å². The van der Waals surface area contributed by atoms with Gasteiger partial charge in [0, 0.05) is 43.3 Å². The first-order valence-corrected chi connectivity index (χ1v) is 14.6. The highest BCUT2D eigenvalue weighted by Crippen LogP contribution is 2.42. The number of aldehydes is 1. The predicted molar refractivity (Wildman–Crippen MR) is 172 cm³/mol. The molecule has 0 bridgehead atoms. The standard InChI is InChI=1S/C32H33ClFN7O4/c1-7-24(44)39-14-18(15-42)40(13-17(39)2)28-19-11-21(33)26(25-22(34)9-8-10-23(25)43)38-29(19)41(31(45)27(28)35-6)30-20(32(3,4)5)12-36-16-37-30/h7-12,15-18,35,43H,1,13-14H2,2-6H3/t17-,18-/m1/s1. The van der Waals surface area contributed by atoms with Gasteiger partial charge in [0.25, 0.3) is 5.56 Å². The van der Waals surface area contributed by atoms with Gasteiger partial charge in [-0.15, -0.1) is 0 Å². The first-order valence-electron chi connectivity index (χ1n) is 14.2. The van der Waals surface area contributed by atoms with Crippen molar-refractivity contribution < 1.29 is 19.1 Å². The molecule has 45 heavy (non-hydrogen) atoms. The molecule has 2 N–H and O–H groups in total. The summed E-state index contributed by atoms with van der Waals surface area (Å²) in [7, 11) is 1.58. The van der Waals surface area contributed by atoms with Gasteiger partial charge in [0.1, 0.15) is 41.7 Å². The quantitative estimate of drug-likeness (QED) is 0.233. The fourth-order valence-electron chi connectivity index (χ4n) is 5.74. The molecule has 0 radical (unpaired) electrons. The Bertz CT molecular complexity index is 1890. The Balaban J connectivity index is 1.92. The van der Waals surface area contributed by atoms with Crippen LogP contribution in [0.25, 0.3) is 28.1 Å². The second-order valence-electron chi connectivity index (χ2n) is 11.8. The molecule has 0 spiro atoms. The number of piperazine rings is 1. The number of anilines is 2. The fourth-order valence-corrected chi connectivity index (χ4v) is 5.98. The summed E-state index contributed by atoms with van der Waals surface area (Å²) in [5, 5.41) is 14.0. The third kappa shape index (κ3) is 5.39. The molecule has 1 aliphatic rings. The van der Waals surface area contributed by atoms with Gasteiger partial charge in [-0.2, -0.15) is 0 Å². The van der Waals surface area contributed by atoms with Crippen molar-refractivity contribution in [2.24, 2.45) is 0 Å². The minimum absolute atomic E-state index is 0.00805. The lowest BCUT2D eigenvalue weighted by atomic mass is 9.88. The first-order chi connectivity index (χ1) is 21.3. The van der Waals surface area contributed by atoms with Gasteiger partial charge in [0.2, 0.25) is 5.91 Å². The molecule has 1 saturated heterocycles. The molecule has 4 aromatic rings. The van der Waals surface area contributed by atoms with Gasteiger partial charge in [-0.05, 0) is 36.6 Å². The van der Waals surface area contributed by atoms with Crippen molar-refractivity contribution in [3.05, 3.63) is 76.2 Å². The topological polar surface area (TPSA) is 134 Å². The molecule has 3 aromatic heterocycles. The van der Waals surface area contributed by atoms with E-state index in [1.165, 1.54) is 41.2 Å². The molecule has 1 aliphatic heterocycles. The molecule has 13 heteroatoms. The fraction of sp³-hybridized carbons (Fsp3) is 0.312. The Morgan fingerprint density at radius 2 is 2.00 bits per heavy atom. The van der Waals surface area contributed by atoms with Crippen molar-refractivity contribution in [1.29, 1.82) is 0 Å². The monoisotopic (exact) mass is 633 g/mol. The normalized spacial score (nSPS) is 17.0. The van der Waals surface area contributed by atoms with E-state index in [1.54, 1.807) is 23.0 Å². The average molecular weight is 634 g/mol. The maximum Gasteiger partial charge on any atom is 0.283 e. The molecule has 0 aliphatic carbocycles. The van der Waals surface area contributed by atoms with Gasteiger partial charge in [-0.1, -0.05) is 45.0 Å². The zero-order valence-corrected chi connectivity index (χ0v) is 26.3. The maximum absolute atomic E-state index is 15.2. The Morgan fingerprint density at radius 3 is 2.62 bits per heavy atom. The number of fused-ring (bicyclic) bond motifs is 1. The zero-order valence-electron chi connectivity index (χ0n) is 25.5. The summed E-state index contributed by atoms with van der Waals surface area (Å²) in [6, 6.07) is 4.16. The highest BCUT2D eigenvalue weighted by atomic mass is 35.5. The number of phenolic OH excluding ortho intramolecular Hbond substituents is 1. The van der Waals surface area contributed by atoms with Crippen LogP contribution in [-0.4, -0.2) is 73.9 Å². The van der Waals surface area contributed by atoms with Gasteiger partial charge in [0.05, 0.1) is 22.0 Å². The number of halogens is 2. The highest BCUT2D eigenvalue weighted by Gasteiger charge is 2.37. The summed E-state index contributed by atoms with van der Waals surface area (Å²) in [6.45, 7) is 11.5. The third-order valence-corrected chi connectivity index (χ3v) is 8.23. The molecule has 4 heterocycles. The van der Waals surface area contributed by atoms with E-state index in [4.69, 9.17) is 16.6 Å². The first kappa shape index (κ1) is 31.6. The van der Waals surface area contributed by atoms with Crippen LogP contribution < -0.4 is 15.8 Å².